The monoisotopic (exact) mass is 572 g/mol. The zero-order valence-electron chi connectivity index (χ0n) is 24.4. The van der Waals surface area contributed by atoms with Gasteiger partial charge in [0.15, 0.2) is 12.0 Å². The fourth-order valence-corrected chi connectivity index (χ4v) is 6.12. The van der Waals surface area contributed by atoms with E-state index in [1.54, 1.807) is 25.1 Å². The van der Waals surface area contributed by atoms with Crippen molar-refractivity contribution in [2.24, 2.45) is 10.8 Å². The number of halogens is 1. The summed E-state index contributed by atoms with van der Waals surface area (Å²) in [5.41, 5.74) is -1.09. The van der Waals surface area contributed by atoms with Gasteiger partial charge in [-0.15, -0.1) is 0 Å². The van der Waals surface area contributed by atoms with E-state index in [9.17, 15) is 29.7 Å². The first-order valence-electron chi connectivity index (χ1n) is 13.6. The number of amides is 1. The van der Waals surface area contributed by atoms with Gasteiger partial charge >= 0.3 is 5.97 Å². The summed E-state index contributed by atoms with van der Waals surface area (Å²) in [6.45, 7) is 12.4. The Kier molecular flexibility index (Phi) is 9.75. The van der Waals surface area contributed by atoms with Crippen molar-refractivity contribution >= 4 is 19.0 Å². The second kappa shape index (κ2) is 12.4. The highest BCUT2D eigenvalue weighted by Crippen LogP contribution is 2.40. The summed E-state index contributed by atoms with van der Waals surface area (Å²) < 4.78 is 20.8. The van der Waals surface area contributed by atoms with Crippen LogP contribution in [0, 0.1) is 23.6 Å². The number of carbonyl (C=O) groups excluding carboxylic acids is 3. The molecule has 1 saturated heterocycles. The van der Waals surface area contributed by atoms with Gasteiger partial charge in [-0.2, -0.15) is 0 Å². The van der Waals surface area contributed by atoms with E-state index in [-0.39, 0.29) is 54.2 Å². The number of hydrogen-bond acceptors (Lipinski definition) is 8. The van der Waals surface area contributed by atoms with Gasteiger partial charge in [-0.3, -0.25) is 14.5 Å². The van der Waals surface area contributed by atoms with Crippen LogP contribution in [0.1, 0.15) is 69.2 Å². The number of hydrogen-bond donors (Lipinski definition) is 3. The van der Waals surface area contributed by atoms with Crippen LogP contribution in [0.3, 0.4) is 0 Å². The van der Waals surface area contributed by atoms with Crippen LogP contribution in [-0.2, 0) is 33.4 Å². The minimum atomic E-state index is -3.08. The Labute approximate surface area is 240 Å². The number of nitrogens with zero attached hydrogens (tertiary/aromatic N) is 2. The van der Waals surface area contributed by atoms with Crippen molar-refractivity contribution in [2.45, 2.75) is 78.7 Å². The van der Waals surface area contributed by atoms with Crippen molar-refractivity contribution in [3.8, 4) is 5.75 Å². The van der Waals surface area contributed by atoms with E-state index < -0.39 is 23.1 Å². The van der Waals surface area contributed by atoms with Crippen LogP contribution in [0.4, 0.5) is 4.39 Å². The summed E-state index contributed by atoms with van der Waals surface area (Å²) in [4.78, 5) is 37.3. The van der Waals surface area contributed by atoms with Gasteiger partial charge in [-0.1, -0.05) is 45.9 Å². The number of aldehydes is 2. The number of piperidine rings is 1. The standard InChI is InChI=1S/C31H41FN2O7/c1-22-8-6-9-27(24(22)16-34(21-37)30(38,20-36)12-7-13-35)41-31(39,40)25-11-10-23(14-26(25)32)15-33-18-28(2,3)17-29(4,5)19-33/h6,8-11,13-14,20-21,38-40H,7,12,15-19H2,1-5H3. The lowest BCUT2D eigenvalue weighted by Crippen LogP contribution is -2.49. The van der Waals surface area contributed by atoms with Crippen molar-refractivity contribution < 1.29 is 38.8 Å². The first-order valence-corrected chi connectivity index (χ1v) is 13.6. The third-order valence-corrected chi connectivity index (χ3v) is 7.44. The van der Waals surface area contributed by atoms with E-state index >= 15 is 4.39 Å². The Morgan fingerprint density at radius 3 is 2.27 bits per heavy atom. The molecule has 9 nitrogen and oxygen atoms in total. The summed E-state index contributed by atoms with van der Waals surface area (Å²) in [6.07, 6.45) is 1.51. The van der Waals surface area contributed by atoms with E-state index in [0.29, 0.717) is 24.0 Å². The molecule has 1 aliphatic heterocycles. The third kappa shape index (κ3) is 7.97. The Balaban J connectivity index is 1.84. The lowest BCUT2D eigenvalue weighted by Gasteiger charge is -2.47. The number of carbonyl (C=O) groups is 3. The second-order valence-electron chi connectivity index (χ2n) is 12.7. The maximum atomic E-state index is 15.3. The maximum Gasteiger partial charge on any atom is 0.354 e. The number of likely N-dealkylation sites (tertiary alicyclic amines) is 1. The van der Waals surface area contributed by atoms with Gasteiger partial charge < -0.3 is 29.8 Å². The van der Waals surface area contributed by atoms with Gasteiger partial charge in [0, 0.05) is 38.0 Å². The molecule has 0 radical (unpaired) electrons. The molecular weight excluding hydrogens is 531 g/mol. The average molecular weight is 573 g/mol. The van der Waals surface area contributed by atoms with Crippen LogP contribution in [0.15, 0.2) is 36.4 Å². The summed E-state index contributed by atoms with van der Waals surface area (Å²) in [6, 6.07) is 8.77. The SMILES string of the molecule is Cc1cccc(OC(O)(O)c2ccc(CN3CC(C)(C)CC(C)(C)C3)cc2F)c1CN(C=O)C(O)(C=O)CCC=O. The minimum Gasteiger partial charge on any atom is -0.435 e. The molecule has 0 bridgehead atoms. The van der Waals surface area contributed by atoms with E-state index in [0.717, 1.165) is 24.4 Å². The largest absolute Gasteiger partial charge is 0.435 e. The molecule has 0 aromatic heterocycles. The minimum absolute atomic E-state index is 0.105. The zero-order chi connectivity index (χ0) is 30.6. The number of rotatable bonds is 13. The summed E-state index contributed by atoms with van der Waals surface area (Å²) >= 11 is 0. The van der Waals surface area contributed by atoms with Gasteiger partial charge in [0.25, 0.3) is 0 Å². The molecule has 1 atom stereocenters. The Hall–Kier alpha value is -3.18. The molecule has 0 saturated carbocycles. The van der Waals surface area contributed by atoms with Crippen LogP contribution in [-0.4, -0.2) is 62.9 Å². The predicted octanol–water partition coefficient (Wildman–Crippen LogP) is 3.39. The van der Waals surface area contributed by atoms with E-state index in [1.165, 1.54) is 18.2 Å². The summed E-state index contributed by atoms with van der Waals surface area (Å²) in [5, 5.41) is 32.4. The highest BCUT2D eigenvalue weighted by atomic mass is 19.1. The van der Waals surface area contributed by atoms with Crippen molar-refractivity contribution in [3.05, 3.63) is 64.5 Å². The average Bonchev–Trinajstić information content (AvgIpc) is 2.85. The highest BCUT2D eigenvalue weighted by Gasteiger charge is 2.38. The van der Waals surface area contributed by atoms with Crippen LogP contribution >= 0.6 is 0 Å². The number of ether oxygens (including phenoxy) is 1. The lowest BCUT2D eigenvalue weighted by molar-refractivity contribution is -0.305. The first kappa shape index (κ1) is 32.3. The van der Waals surface area contributed by atoms with Crippen molar-refractivity contribution in [1.29, 1.82) is 0 Å². The topological polar surface area (TPSA) is 128 Å². The lowest BCUT2D eigenvalue weighted by atomic mass is 9.71. The molecule has 1 unspecified atom stereocenters. The third-order valence-electron chi connectivity index (χ3n) is 7.44. The van der Waals surface area contributed by atoms with E-state index in [1.807, 2.05) is 0 Å². The summed E-state index contributed by atoms with van der Waals surface area (Å²) in [7, 11) is 0. The number of aliphatic hydroxyl groups is 3. The molecule has 1 heterocycles. The molecule has 3 rings (SSSR count). The van der Waals surface area contributed by atoms with E-state index in [4.69, 9.17) is 4.74 Å². The molecule has 1 amide bonds. The van der Waals surface area contributed by atoms with Crippen molar-refractivity contribution in [3.63, 3.8) is 0 Å². The molecule has 0 aliphatic carbocycles. The second-order valence-corrected chi connectivity index (χ2v) is 12.7. The first-order chi connectivity index (χ1) is 19.0. The Morgan fingerprint density at radius 1 is 1.05 bits per heavy atom. The van der Waals surface area contributed by atoms with Crippen LogP contribution in [0.5, 0.6) is 5.75 Å². The molecule has 3 N–H and O–H groups in total. The van der Waals surface area contributed by atoms with Gasteiger partial charge in [-0.05, 0) is 53.5 Å². The maximum absolute atomic E-state index is 15.3. The van der Waals surface area contributed by atoms with Crippen LogP contribution in [0.2, 0.25) is 0 Å². The zero-order valence-corrected chi connectivity index (χ0v) is 24.4. The molecule has 2 aromatic rings. The predicted molar refractivity (Wildman–Crippen MR) is 150 cm³/mol. The molecular formula is C31H41FN2O7. The normalized spacial score (nSPS) is 18.3. The van der Waals surface area contributed by atoms with Crippen molar-refractivity contribution in [2.75, 3.05) is 13.1 Å². The van der Waals surface area contributed by atoms with Crippen LogP contribution < -0.4 is 4.74 Å². The summed E-state index contributed by atoms with van der Waals surface area (Å²) in [5.74, 6) is -4.05. The molecule has 10 heteroatoms. The number of benzene rings is 2. The molecule has 0 spiro atoms. The van der Waals surface area contributed by atoms with Gasteiger partial charge in [0.1, 0.15) is 17.9 Å². The fraction of sp³-hybridized carbons (Fsp3) is 0.516. The fourth-order valence-electron chi connectivity index (χ4n) is 6.12. The Morgan fingerprint density at radius 2 is 1.71 bits per heavy atom. The van der Waals surface area contributed by atoms with Crippen molar-refractivity contribution in [1.82, 2.24) is 9.80 Å². The van der Waals surface area contributed by atoms with E-state index in [2.05, 4.69) is 32.6 Å². The molecule has 2 aromatic carbocycles. The highest BCUT2D eigenvalue weighted by molar-refractivity contribution is 5.68. The Bertz CT molecular complexity index is 1250. The molecule has 41 heavy (non-hydrogen) atoms. The quantitative estimate of drug-likeness (QED) is 0.246. The molecule has 224 valence electrons. The van der Waals surface area contributed by atoms with Gasteiger partial charge in [0.05, 0.1) is 12.1 Å². The van der Waals surface area contributed by atoms with Crippen LogP contribution in [0.25, 0.3) is 0 Å². The number of aryl methyl sites for hydroxylation is 1. The molecule has 1 fully saturated rings. The van der Waals surface area contributed by atoms with Gasteiger partial charge in [-0.25, -0.2) is 4.39 Å². The smallest absolute Gasteiger partial charge is 0.354 e. The van der Waals surface area contributed by atoms with Gasteiger partial charge in [0.2, 0.25) is 6.41 Å². The molecule has 1 aliphatic rings.